The molecule has 1 aliphatic heterocycles. The number of methoxy groups -OCH3 is 1. The second kappa shape index (κ2) is 6.81. The van der Waals surface area contributed by atoms with Crippen molar-refractivity contribution in [3.63, 3.8) is 0 Å². The van der Waals surface area contributed by atoms with E-state index in [1.807, 2.05) is 0 Å². The SMILES string of the molecule is COc1cc(Cl)cc(C(=O)O)c1OCC1CCOCC1. The van der Waals surface area contributed by atoms with Crippen LogP contribution in [0.3, 0.4) is 0 Å². The van der Waals surface area contributed by atoms with Crippen LogP contribution in [0.25, 0.3) is 0 Å². The number of aromatic carboxylic acids is 1. The minimum absolute atomic E-state index is 0.0152. The van der Waals surface area contributed by atoms with Gasteiger partial charge in [-0.3, -0.25) is 0 Å². The smallest absolute Gasteiger partial charge is 0.339 e. The summed E-state index contributed by atoms with van der Waals surface area (Å²) in [7, 11) is 1.46. The molecule has 6 heteroatoms. The molecule has 2 rings (SSSR count). The highest BCUT2D eigenvalue weighted by Crippen LogP contribution is 2.35. The van der Waals surface area contributed by atoms with Crippen molar-refractivity contribution in [2.75, 3.05) is 26.9 Å². The van der Waals surface area contributed by atoms with Crippen LogP contribution in [0.1, 0.15) is 23.2 Å². The van der Waals surface area contributed by atoms with Crippen LogP contribution in [0.5, 0.6) is 11.5 Å². The van der Waals surface area contributed by atoms with Crippen molar-refractivity contribution >= 4 is 17.6 Å². The molecule has 1 aromatic rings. The molecule has 5 nitrogen and oxygen atoms in total. The summed E-state index contributed by atoms with van der Waals surface area (Å²) in [6.07, 6.45) is 1.83. The number of hydrogen-bond acceptors (Lipinski definition) is 4. The molecule has 0 unspecified atom stereocenters. The van der Waals surface area contributed by atoms with Crippen LogP contribution in [0.2, 0.25) is 5.02 Å². The molecule has 20 heavy (non-hydrogen) atoms. The maximum absolute atomic E-state index is 11.3. The molecule has 1 N–H and O–H groups in total. The number of carboxylic acids is 1. The molecule has 0 aliphatic carbocycles. The Kier molecular flexibility index (Phi) is 5.09. The van der Waals surface area contributed by atoms with Gasteiger partial charge in [0.2, 0.25) is 0 Å². The lowest BCUT2D eigenvalue weighted by Crippen LogP contribution is -2.22. The van der Waals surface area contributed by atoms with Crippen LogP contribution in [0.15, 0.2) is 12.1 Å². The molecule has 0 bridgehead atoms. The van der Waals surface area contributed by atoms with Crippen LogP contribution in [-0.2, 0) is 4.74 Å². The van der Waals surface area contributed by atoms with Gasteiger partial charge in [0.1, 0.15) is 5.56 Å². The van der Waals surface area contributed by atoms with Crippen molar-refractivity contribution in [3.05, 3.63) is 22.7 Å². The summed E-state index contributed by atoms with van der Waals surface area (Å²) in [6.45, 7) is 1.89. The summed E-state index contributed by atoms with van der Waals surface area (Å²) in [6, 6.07) is 2.92. The van der Waals surface area contributed by atoms with E-state index >= 15 is 0 Å². The fourth-order valence-electron chi connectivity index (χ4n) is 2.14. The minimum atomic E-state index is -1.09. The highest BCUT2D eigenvalue weighted by molar-refractivity contribution is 6.31. The van der Waals surface area contributed by atoms with Gasteiger partial charge in [0.25, 0.3) is 0 Å². The first kappa shape index (κ1) is 14.9. The molecule has 1 fully saturated rings. The number of ether oxygens (including phenoxy) is 3. The summed E-state index contributed by atoms with van der Waals surface area (Å²) in [5.41, 5.74) is 0.0152. The number of hydrogen-bond donors (Lipinski definition) is 1. The van der Waals surface area contributed by atoms with E-state index in [-0.39, 0.29) is 11.3 Å². The minimum Gasteiger partial charge on any atom is -0.493 e. The molecular weight excluding hydrogens is 284 g/mol. The maximum atomic E-state index is 11.3. The molecule has 1 heterocycles. The fourth-order valence-corrected chi connectivity index (χ4v) is 2.35. The van der Waals surface area contributed by atoms with E-state index in [2.05, 4.69) is 0 Å². The lowest BCUT2D eigenvalue weighted by Gasteiger charge is -2.23. The predicted octanol–water partition coefficient (Wildman–Crippen LogP) is 2.85. The van der Waals surface area contributed by atoms with E-state index < -0.39 is 5.97 Å². The zero-order valence-corrected chi connectivity index (χ0v) is 12.0. The van der Waals surface area contributed by atoms with Gasteiger partial charge in [-0.25, -0.2) is 4.79 Å². The lowest BCUT2D eigenvalue weighted by molar-refractivity contribution is 0.0485. The van der Waals surface area contributed by atoms with Crippen molar-refractivity contribution in [3.8, 4) is 11.5 Å². The van der Waals surface area contributed by atoms with E-state index in [9.17, 15) is 9.90 Å². The van der Waals surface area contributed by atoms with E-state index in [0.29, 0.717) is 23.3 Å². The average Bonchev–Trinajstić information content (AvgIpc) is 2.46. The Morgan fingerprint density at radius 2 is 2.15 bits per heavy atom. The van der Waals surface area contributed by atoms with E-state index in [0.717, 1.165) is 26.1 Å². The molecule has 1 aromatic carbocycles. The second-order valence-electron chi connectivity index (χ2n) is 4.66. The second-order valence-corrected chi connectivity index (χ2v) is 5.09. The third-order valence-electron chi connectivity index (χ3n) is 3.27. The Balaban J connectivity index is 2.17. The molecule has 110 valence electrons. The number of rotatable bonds is 5. The Morgan fingerprint density at radius 1 is 1.45 bits per heavy atom. The van der Waals surface area contributed by atoms with Crippen LogP contribution in [0.4, 0.5) is 0 Å². The van der Waals surface area contributed by atoms with Crippen LogP contribution in [-0.4, -0.2) is 38.0 Å². The number of carboxylic acid groups (broad SMARTS) is 1. The van der Waals surface area contributed by atoms with Gasteiger partial charge in [0, 0.05) is 24.3 Å². The van der Waals surface area contributed by atoms with Gasteiger partial charge in [-0.2, -0.15) is 0 Å². The van der Waals surface area contributed by atoms with Crippen molar-refractivity contribution in [2.24, 2.45) is 5.92 Å². The van der Waals surface area contributed by atoms with Gasteiger partial charge < -0.3 is 19.3 Å². The molecule has 0 radical (unpaired) electrons. The highest BCUT2D eigenvalue weighted by Gasteiger charge is 2.21. The number of carbonyl (C=O) groups is 1. The molecule has 1 saturated heterocycles. The normalized spacial score (nSPS) is 15.9. The average molecular weight is 301 g/mol. The Hall–Kier alpha value is -1.46. The standard InChI is InChI=1S/C14H17ClO5/c1-18-12-7-10(15)6-11(14(16)17)13(12)20-8-9-2-4-19-5-3-9/h6-7,9H,2-5,8H2,1H3,(H,16,17). The fraction of sp³-hybridized carbons (Fsp3) is 0.500. The molecule has 0 saturated carbocycles. The van der Waals surface area contributed by atoms with Gasteiger partial charge >= 0.3 is 5.97 Å². The summed E-state index contributed by atoms with van der Waals surface area (Å²) < 4.78 is 16.1. The van der Waals surface area contributed by atoms with E-state index in [1.165, 1.54) is 13.2 Å². The number of halogens is 1. The third kappa shape index (κ3) is 3.55. The van der Waals surface area contributed by atoms with Crippen LogP contribution < -0.4 is 9.47 Å². The van der Waals surface area contributed by atoms with Crippen molar-refractivity contribution < 1.29 is 24.1 Å². The van der Waals surface area contributed by atoms with Crippen molar-refractivity contribution in [2.45, 2.75) is 12.8 Å². The molecule has 1 aliphatic rings. The molecule has 0 aromatic heterocycles. The molecule has 0 spiro atoms. The Bertz CT molecular complexity index is 483. The van der Waals surface area contributed by atoms with Crippen LogP contribution >= 0.6 is 11.6 Å². The van der Waals surface area contributed by atoms with Crippen LogP contribution in [0, 0.1) is 5.92 Å². The zero-order chi connectivity index (χ0) is 14.5. The first-order valence-electron chi connectivity index (χ1n) is 6.43. The monoisotopic (exact) mass is 300 g/mol. The first-order valence-corrected chi connectivity index (χ1v) is 6.81. The molecule has 0 atom stereocenters. The Labute approximate surface area is 122 Å². The highest BCUT2D eigenvalue weighted by atomic mass is 35.5. The lowest BCUT2D eigenvalue weighted by atomic mass is 10.0. The molecular formula is C14H17ClO5. The molecule has 0 amide bonds. The first-order chi connectivity index (χ1) is 9.61. The van der Waals surface area contributed by atoms with Gasteiger partial charge in [-0.1, -0.05) is 11.6 Å². The summed E-state index contributed by atoms with van der Waals surface area (Å²) in [5, 5.41) is 9.54. The Morgan fingerprint density at radius 3 is 2.75 bits per heavy atom. The summed E-state index contributed by atoms with van der Waals surface area (Å²) in [5.74, 6) is -0.156. The largest absolute Gasteiger partial charge is 0.493 e. The van der Waals surface area contributed by atoms with Gasteiger partial charge in [-0.15, -0.1) is 0 Å². The van der Waals surface area contributed by atoms with E-state index in [1.54, 1.807) is 6.07 Å². The quantitative estimate of drug-likeness (QED) is 0.906. The third-order valence-corrected chi connectivity index (χ3v) is 3.49. The van der Waals surface area contributed by atoms with Gasteiger partial charge in [-0.05, 0) is 24.8 Å². The topological polar surface area (TPSA) is 65.0 Å². The van der Waals surface area contributed by atoms with E-state index in [4.69, 9.17) is 25.8 Å². The predicted molar refractivity (Wildman–Crippen MR) is 74.0 cm³/mol. The van der Waals surface area contributed by atoms with Crippen molar-refractivity contribution in [1.82, 2.24) is 0 Å². The summed E-state index contributed by atoms with van der Waals surface area (Å²) in [4.78, 5) is 11.3. The number of benzene rings is 1. The van der Waals surface area contributed by atoms with Crippen molar-refractivity contribution in [1.29, 1.82) is 0 Å². The van der Waals surface area contributed by atoms with Gasteiger partial charge in [0.05, 0.1) is 13.7 Å². The summed E-state index contributed by atoms with van der Waals surface area (Å²) >= 11 is 5.88. The maximum Gasteiger partial charge on any atom is 0.339 e. The van der Waals surface area contributed by atoms with Gasteiger partial charge in [0.15, 0.2) is 11.5 Å². The zero-order valence-electron chi connectivity index (χ0n) is 11.2.